The number of fused-ring (bicyclic) bond motifs is 10. The monoisotopic (exact) mass is 686 g/mol. The lowest BCUT2D eigenvalue weighted by Gasteiger charge is -2.19. The normalized spacial score (nSPS) is 12.1. The first-order chi connectivity index (χ1) is 26.7. The van der Waals surface area contributed by atoms with Crippen LogP contribution in [0.3, 0.4) is 0 Å². The Hall–Kier alpha value is -7.16. The highest BCUT2D eigenvalue weighted by Crippen LogP contribution is 2.46. The lowest BCUT2D eigenvalue weighted by Crippen LogP contribution is -1.91. The van der Waals surface area contributed by atoms with Gasteiger partial charge in [-0.05, 0) is 113 Å². The molecule has 0 N–H and O–H groups in total. The third-order valence-corrected chi connectivity index (χ3v) is 11.4. The molecule has 0 saturated carbocycles. The molecule has 54 heavy (non-hydrogen) atoms. The van der Waals surface area contributed by atoms with Crippen LogP contribution in [0.4, 0.5) is 0 Å². The van der Waals surface area contributed by atoms with Gasteiger partial charge in [-0.3, -0.25) is 0 Å². The molecule has 250 valence electrons. The van der Waals surface area contributed by atoms with E-state index in [2.05, 4.69) is 164 Å². The predicted octanol–water partition coefficient (Wildman–Crippen LogP) is 15.1. The Labute approximate surface area is 310 Å². The SMILES string of the molecule is c1ccc2c(-c3c4ccccc4c(-c4ccc(-c5ccc6cc7oc8cc9c(cc8c7cc6c5)oc5ccccc59)cc4)c4ccccc34)cccc2c1. The summed E-state index contributed by atoms with van der Waals surface area (Å²) >= 11 is 0. The van der Waals surface area contributed by atoms with Gasteiger partial charge in [0.05, 0.1) is 0 Å². The van der Waals surface area contributed by atoms with E-state index in [0.717, 1.165) is 49.3 Å². The molecule has 0 amide bonds. The maximum Gasteiger partial charge on any atom is 0.136 e. The Morgan fingerprint density at radius 2 is 0.759 bits per heavy atom. The molecule has 0 aliphatic rings. The molecule has 0 aliphatic heterocycles. The molecule has 0 atom stereocenters. The van der Waals surface area contributed by atoms with E-state index in [-0.39, 0.29) is 0 Å². The van der Waals surface area contributed by atoms with Gasteiger partial charge in [0.1, 0.15) is 22.3 Å². The summed E-state index contributed by atoms with van der Waals surface area (Å²) in [5.41, 5.74) is 10.9. The summed E-state index contributed by atoms with van der Waals surface area (Å²) in [7, 11) is 0. The van der Waals surface area contributed by atoms with Gasteiger partial charge in [0, 0.05) is 21.5 Å². The van der Waals surface area contributed by atoms with Gasteiger partial charge < -0.3 is 8.83 Å². The predicted molar refractivity (Wildman–Crippen MR) is 227 cm³/mol. The number of hydrogen-bond acceptors (Lipinski definition) is 2. The number of hydrogen-bond donors (Lipinski definition) is 0. The van der Waals surface area contributed by atoms with Crippen molar-refractivity contribution in [3.8, 4) is 33.4 Å². The molecule has 12 rings (SSSR count). The molecule has 2 heteroatoms. The highest BCUT2D eigenvalue weighted by molar-refractivity contribution is 6.23. The Balaban J connectivity index is 0.985. The fourth-order valence-electron chi connectivity index (χ4n) is 8.92. The van der Waals surface area contributed by atoms with Crippen LogP contribution < -0.4 is 0 Å². The zero-order valence-corrected chi connectivity index (χ0v) is 29.1. The van der Waals surface area contributed by atoms with Crippen LogP contribution in [0.15, 0.2) is 191 Å². The largest absolute Gasteiger partial charge is 0.456 e. The molecule has 0 aliphatic carbocycles. The molecule has 0 radical (unpaired) electrons. The second-order valence-electron chi connectivity index (χ2n) is 14.4. The van der Waals surface area contributed by atoms with Crippen molar-refractivity contribution in [3.05, 3.63) is 182 Å². The van der Waals surface area contributed by atoms with Crippen molar-refractivity contribution >= 4 is 87.0 Å². The van der Waals surface area contributed by atoms with Crippen molar-refractivity contribution in [2.45, 2.75) is 0 Å². The molecule has 0 unspecified atom stereocenters. The van der Waals surface area contributed by atoms with E-state index in [1.807, 2.05) is 18.2 Å². The van der Waals surface area contributed by atoms with Crippen LogP contribution in [0.2, 0.25) is 0 Å². The molecule has 0 bridgehead atoms. The van der Waals surface area contributed by atoms with Gasteiger partial charge in [0.25, 0.3) is 0 Å². The minimum absolute atomic E-state index is 0.875. The molecule has 2 heterocycles. The first kappa shape index (κ1) is 29.4. The Morgan fingerprint density at radius 1 is 0.241 bits per heavy atom. The quantitative estimate of drug-likeness (QED) is 0.173. The van der Waals surface area contributed by atoms with Crippen LogP contribution in [0.1, 0.15) is 0 Å². The maximum absolute atomic E-state index is 6.43. The van der Waals surface area contributed by atoms with Crippen molar-refractivity contribution in [3.63, 3.8) is 0 Å². The Bertz CT molecular complexity index is 3430. The average Bonchev–Trinajstić information content (AvgIpc) is 3.77. The second kappa shape index (κ2) is 11.2. The highest BCUT2D eigenvalue weighted by atomic mass is 16.3. The van der Waals surface area contributed by atoms with Gasteiger partial charge in [-0.1, -0.05) is 146 Å². The summed E-state index contributed by atoms with van der Waals surface area (Å²) in [4.78, 5) is 0. The van der Waals surface area contributed by atoms with Crippen LogP contribution in [0.25, 0.3) is 120 Å². The number of para-hydroxylation sites is 1. The number of furan rings is 2. The molecular formula is C52H30O2. The topological polar surface area (TPSA) is 26.3 Å². The molecule has 10 aromatic carbocycles. The first-order valence-corrected chi connectivity index (χ1v) is 18.5. The lowest BCUT2D eigenvalue weighted by molar-refractivity contribution is 0.664. The average molecular weight is 687 g/mol. The third-order valence-electron chi connectivity index (χ3n) is 11.4. The van der Waals surface area contributed by atoms with E-state index >= 15 is 0 Å². The van der Waals surface area contributed by atoms with Crippen molar-refractivity contribution in [1.29, 1.82) is 0 Å². The van der Waals surface area contributed by atoms with Crippen molar-refractivity contribution in [2.75, 3.05) is 0 Å². The van der Waals surface area contributed by atoms with Crippen LogP contribution in [0.5, 0.6) is 0 Å². The van der Waals surface area contributed by atoms with Crippen LogP contribution in [-0.4, -0.2) is 0 Å². The zero-order chi connectivity index (χ0) is 35.3. The van der Waals surface area contributed by atoms with Gasteiger partial charge in [0.15, 0.2) is 0 Å². The van der Waals surface area contributed by atoms with E-state index in [4.69, 9.17) is 8.83 Å². The summed E-state index contributed by atoms with van der Waals surface area (Å²) in [6, 6.07) is 65.8. The van der Waals surface area contributed by atoms with E-state index in [1.54, 1.807) is 0 Å². The standard InChI is InChI=1S/C52H30O2/c1-2-12-37-32(10-1)11-9-18-39(37)52-42-16-5-3-14-40(42)51(41-15-4-6-17-43(41)52)33-22-20-31(21-23-33)34-24-25-35-28-48-44(27-36(35)26-34)46-30-49-45(29-50(46)54-48)38-13-7-8-19-47(38)53-49/h1-30H. The lowest BCUT2D eigenvalue weighted by atomic mass is 9.84. The first-order valence-electron chi connectivity index (χ1n) is 18.5. The van der Waals surface area contributed by atoms with Crippen LogP contribution in [0, 0.1) is 0 Å². The van der Waals surface area contributed by atoms with E-state index in [1.165, 1.54) is 71.1 Å². The Kier molecular flexibility index (Phi) is 6.09. The number of rotatable bonds is 3. The van der Waals surface area contributed by atoms with E-state index in [9.17, 15) is 0 Å². The van der Waals surface area contributed by atoms with Gasteiger partial charge in [0.2, 0.25) is 0 Å². The van der Waals surface area contributed by atoms with Crippen LogP contribution in [-0.2, 0) is 0 Å². The molecule has 0 fully saturated rings. The van der Waals surface area contributed by atoms with Crippen molar-refractivity contribution < 1.29 is 8.83 Å². The summed E-state index contributed by atoms with van der Waals surface area (Å²) in [5, 5.41) is 14.2. The Morgan fingerprint density at radius 3 is 1.50 bits per heavy atom. The van der Waals surface area contributed by atoms with Gasteiger partial charge in [-0.2, -0.15) is 0 Å². The fourth-order valence-corrected chi connectivity index (χ4v) is 8.92. The summed E-state index contributed by atoms with van der Waals surface area (Å²) in [6.45, 7) is 0. The molecular weight excluding hydrogens is 657 g/mol. The van der Waals surface area contributed by atoms with E-state index in [0.29, 0.717) is 0 Å². The minimum atomic E-state index is 0.875. The summed E-state index contributed by atoms with van der Waals surface area (Å²) in [6.07, 6.45) is 0. The molecule has 0 saturated heterocycles. The van der Waals surface area contributed by atoms with Crippen molar-refractivity contribution in [1.82, 2.24) is 0 Å². The van der Waals surface area contributed by atoms with Gasteiger partial charge in [-0.15, -0.1) is 0 Å². The van der Waals surface area contributed by atoms with Crippen molar-refractivity contribution in [2.24, 2.45) is 0 Å². The second-order valence-corrected chi connectivity index (χ2v) is 14.4. The van der Waals surface area contributed by atoms with Crippen LogP contribution >= 0.6 is 0 Å². The molecule has 0 spiro atoms. The van der Waals surface area contributed by atoms with Gasteiger partial charge >= 0.3 is 0 Å². The molecule has 2 aromatic heterocycles. The third kappa shape index (κ3) is 4.28. The number of benzene rings is 10. The summed E-state index contributed by atoms with van der Waals surface area (Å²) < 4.78 is 12.7. The smallest absolute Gasteiger partial charge is 0.136 e. The zero-order valence-electron chi connectivity index (χ0n) is 29.1. The molecule has 2 nitrogen and oxygen atoms in total. The fraction of sp³-hybridized carbons (Fsp3) is 0. The highest BCUT2D eigenvalue weighted by Gasteiger charge is 2.18. The maximum atomic E-state index is 6.43. The van der Waals surface area contributed by atoms with E-state index < -0.39 is 0 Å². The minimum Gasteiger partial charge on any atom is -0.456 e. The van der Waals surface area contributed by atoms with Gasteiger partial charge in [-0.25, -0.2) is 0 Å². The molecule has 12 aromatic rings. The summed E-state index contributed by atoms with van der Waals surface area (Å²) in [5.74, 6) is 0.